The van der Waals surface area contributed by atoms with Crippen molar-refractivity contribution >= 4 is 49.0 Å². The van der Waals surface area contributed by atoms with E-state index in [1.165, 1.54) is 48.2 Å². The number of nitrogens with one attached hydrogen (secondary N) is 1. The van der Waals surface area contributed by atoms with Crippen LogP contribution in [0.3, 0.4) is 0 Å². The molecule has 0 radical (unpaired) electrons. The van der Waals surface area contributed by atoms with Crippen LogP contribution in [-0.4, -0.2) is 31.2 Å². The van der Waals surface area contributed by atoms with Gasteiger partial charge in [-0.05, 0) is 59.3 Å². The van der Waals surface area contributed by atoms with Crippen molar-refractivity contribution in [2.75, 3.05) is 12.4 Å². The normalized spacial score (nSPS) is 11.3. The third kappa shape index (κ3) is 4.98. The van der Waals surface area contributed by atoms with Crippen molar-refractivity contribution in [2.45, 2.75) is 23.3 Å². The Hall–Kier alpha value is -2.36. The number of carbonyl (C=O) groups is 1. The molecular formula is C19H17BrClN3O4S. The van der Waals surface area contributed by atoms with Crippen LogP contribution in [0.15, 0.2) is 62.9 Å². The van der Waals surface area contributed by atoms with E-state index in [9.17, 15) is 13.2 Å². The quantitative estimate of drug-likeness (QED) is 0.553. The number of ether oxygens (including phenoxy) is 1. The Balaban J connectivity index is 1.88. The summed E-state index contributed by atoms with van der Waals surface area (Å²) < 4.78 is 33.4. The van der Waals surface area contributed by atoms with Crippen molar-refractivity contribution in [2.24, 2.45) is 0 Å². The number of nitrogens with zero attached hydrogens (tertiary/aromatic N) is 2. The summed E-state index contributed by atoms with van der Waals surface area (Å²) in [5.41, 5.74) is 1.06. The second-order valence-electron chi connectivity index (χ2n) is 6.16. The first-order valence-corrected chi connectivity index (χ1v) is 11.0. The lowest BCUT2D eigenvalue weighted by Crippen LogP contribution is -2.19. The molecule has 2 aromatic carbocycles. The zero-order valence-corrected chi connectivity index (χ0v) is 18.7. The van der Waals surface area contributed by atoms with Crippen LogP contribution in [0.4, 0.5) is 5.69 Å². The molecule has 0 saturated heterocycles. The summed E-state index contributed by atoms with van der Waals surface area (Å²) in [6.45, 7) is 1.79. The minimum atomic E-state index is -3.82. The summed E-state index contributed by atoms with van der Waals surface area (Å²) in [5.74, 6) is -0.0592. The Labute approximate surface area is 181 Å². The van der Waals surface area contributed by atoms with Gasteiger partial charge in [-0.1, -0.05) is 11.6 Å². The van der Waals surface area contributed by atoms with Gasteiger partial charge in [-0.3, -0.25) is 9.48 Å². The monoisotopic (exact) mass is 497 g/mol. The largest absolute Gasteiger partial charge is 0.497 e. The predicted octanol–water partition coefficient (Wildman–Crippen LogP) is 4.09. The van der Waals surface area contributed by atoms with Gasteiger partial charge in [0.2, 0.25) is 15.7 Å². The Morgan fingerprint density at radius 3 is 2.48 bits per heavy atom. The van der Waals surface area contributed by atoms with E-state index in [-0.39, 0.29) is 22.2 Å². The molecule has 0 saturated carbocycles. The van der Waals surface area contributed by atoms with Gasteiger partial charge in [-0.2, -0.15) is 5.10 Å². The molecule has 3 rings (SSSR count). The number of aryl methyl sites for hydroxylation is 1. The van der Waals surface area contributed by atoms with E-state index in [4.69, 9.17) is 16.3 Å². The topological polar surface area (TPSA) is 90.3 Å². The minimum absolute atomic E-state index is 0.00727. The molecule has 3 aromatic rings. The van der Waals surface area contributed by atoms with Crippen molar-refractivity contribution in [3.8, 4) is 5.75 Å². The maximum absolute atomic E-state index is 13.0. The number of amides is 1. The van der Waals surface area contributed by atoms with Gasteiger partial charge >= 0.3 is 0 Å². The molecule has 0 aliphatic rings. The van der Waals surface area contributed by atoms with Crippen LogP contribution in [0.25, 0.3) is 0 Å². The van der Waals surface area contributed by atoms with Crippen molar-refractivity contribution in [1.82, 2.24) is 9.78 Å². The molecule has 0 fully saturated rings. The van der Waals surface area contributed by atoms with Crippen LogP contribution < -0.4 is 10.1 Å². The second-order valence-corrected chi connectivity index (χ2v) is 9.40. The lowest BCUT2D eigenvalue weighted by Gasteiger charge is -2.11. The van der Waals surface area contributed by atoms with Gasteiger partial charge in [0, 0.05) is 23.0 Å². The van der Waals surface area contributed by atoms with E-state index in [1.807, 2.05) is 6.92 Å². The molecule has 0 atom stereocenters. The van der Waals surface area contributed by atoms with Crippen LogP contribution in [0, 0.1) is 6.92 Å². The van der Waals surface area contributed by atoms with E-state index in [1.54, 1.807) is 12.3 Å². The first-order valence-electron chi connectivity index (χ1n) is 8.38. The first kappa shape index (κ1) is 21.4. The first-order chi connectivity index (χ1) is 13.7. The number of sulfone groups is 1. The molecule has 7 nitrogen and oxygen atoms in total. The number of aromatic nitrogens is 2. The summed E-state index contributed by atoms with van der Waals surface area (Å²) in [4.78, 5) is 12.5. The molecule has 1 aromatic heterocycles. The molecule has 0 unspecified atom stereocenters. The van der Waals surface area contributed by atoms with E-state index < -0.39 is 9.84 Å². The molecule has 29 heavy (non-hydrogen) atoms. The van der Waals surface area contributed by atoms with E-state index in [0.717, 1.165) is 10.2 Å². The molecule has 1 amide bonds. The highest BCUT2D eigenvalue weighted by atomic mass is 79.9. The number of hydrogen-bond donors (Lipinski definition) is 1. The van der Waals surface area contributed by atoms with Gasteiger partial charge in [-0.15, -0.1) is 0 Å². The summed E-state index contributed by atoms with van der Waals surface area (Å²) in [7, 11) is -2.40. The molecule has 1 heterocycles. The SMILES string of the molecule is COc1cc(NC(=O)Cn2cc(Br)c(C)n2)cc(S(=O)(=O)c2ccc(Cl)cc2)c1. The van der Waals surface area contributed by atoms with E-state index >= 15 is 0 Å². The highest BCUT2D eigenvalue weighted by Crippen LogP contribution is 2.29. The fourth-order valence-corrected chi connectivity index (χ4v) is 4.35. The minimum Gasteiger partial charge on any atom is -0.497 e. The summed E-state index contributed by atoms with van der Waals surface area (Å²) in [5, 5.41) is 7.33. The number of anilines is 1. The predicted molar refractivity (Wildman–Crippen MR) is 113 cm³/mol. The number of benzene rings is 2. The molecule has 0 spiro atoms. The lowest BCUT2D eigenvalue weighted by molar-refractivity contribution is -0.116. The van der Waals surface area contributed by atoms with Gasteiger partial charge in [0.15, 0.2) is 0 Å². The van der Waals surface area contributed by atoms with E-state index in [2.05, 4.69) is 26.3 Å². The number of halogens is 2. The third-order valence-electron chi connectivity index (χ3n) is 4.03. The van der Waals surface area contributed by atoms with Crippen LogP contribution in [-0.2, 0) is 21.2 Å². The standard InChI is InChI=1S/C19H17BrClN3O4S/c1-12-18(20)10-24(23-12)11-19(25)22-14-7-15(28-2)9-17(8-14)29(26,27)16-5-3-13(21)4-6-16/h3-10H,11H2,1-2H3,(H,22,25). The Kier molecular flexibility index (Phi) is 6.30. The third-order valence-corrected chi connectivity index (χ3v) is 6.81. The fourth-order valence-electron chi connectivity index (χ4n) is 2.59. The van der Waals surface area contributed by atoms with E-state index in [0.29, 0.717) is 16.5 Å². The van der Waals surface area contributed by atoms with Crippen molar-refractivity contribution in [1.29, 1.82) is 0 Å². The van der Waals surface area contributed by atoms with Crippen molar-refractivity contribution in [3.63, 3.8) is 0 Å². The van der Waals surface area contributed by atoms with Gasteiger partial charge < -0.3 is 10.1 Å². The van der Waals surface area contributed by atoms with Crippen LogP contribution in [0.2, 0.25) is 5.02 Å². The summed E-state index contributed by atoms with van der Waals surface area (Å²) in [6, 6.07) is 10.2. The Morgan fingerprint density at radius 2 is 1.90 bits per heavy atom. The van der Waals surface area contributed by atoms with Crippen LogP contribution in [0.1, 0.15) is 5.69 Å². The molecule has 0 aliphatic carbocycles. The van der Waals surface area contributed by atoms with Crippen LogP contribution >= 0.6 is 27.5 Å². The molecule has 152 valence electrons. The van der Waals surface area contributed by atoms with Gasteiger partial charge in [0.25, 0.3) is 0 Å². The molecule has 0 bridgehead atoms. The maximum atomic E-state index is 13.0. The highest BCUT2D eigenvalue weighted by Gasteiger charge is 2.20. The van der Waals surface area contributed by atoms with Gasteiger partial charge in [-0.25, -0.2) is 8.42 Å². The van der Waals surface area contributed by atoms with Gasteiger partial charge in [0.1, 0.15) is 12.3 Å². The molecule has 10 heteroatoms. The molecule has 1 N–H and O–H groups in total. The zero-order chi connectivity index (χ0) is 21.2. The smallest absolute Gasteiger partial charge is 0.246 e. The van der Waals surface area contributed by atoms with Crippen LogP contribution in [0.5, 0.6) is 5.75 Å². The fraction of sp³-hybridized carbons (Fsp3) is 0.158. The van der Waals surface area contributed by atoms with Crippen molar-refractivity contribution in [3.05, 3.63) is 63.9 Å². The second kappa shape index (κ2) is 8.56. The highest BCUT2D eigenvalue weighted by molar-refractivity contribution is 9.10. The Bertz CT molecular complexity index is 1140. The summed E-state index contributed by atoms with van der Waals surface area (Å²) in [6.07, 6.45) is 1.69. The average molecular weight is 499 g/mol. The lowest BCUT2D eigenvalue weighted by atomic mass is 10.3. The maximum Gasteiger partial charge on any atom is 0.246 e. The Morgan fingerprint density at radius 1 is 1.21 bits per heavy atom. The van der Waals surface area contributed by atoms with Gasteiger partial charge in [0.05, 0.1) is 27.1 Å². The number of methoxy groups -OCH3 is 1. The average Bonchev–Trinajstić information content (AvgIpc) is 2.98. The number of hydrogen-bond acceptors (Lipinski definition) is 5. The zero-order valence-electron chi connectivity index (χ0n) is 15.5. The number of rotatable bonds is 6. The molecule has 0 aliphatic heterocycles. The van der Waals surface area contributed by atoms with Crippen molar-refractivity contribution < 1.29 is 17.9 Å². The molecular weight excluding hydrogens is 482 g/mol. The summed E-state index contributed by atoms with van der Waals surface area (Å²) >= 11 is 9.19. The number of carbonyl (C=O) groups excluding carboxylic acids is 1.